The molecule has 1 saturated heterocycles. The van der Waals surface area contributed by atoms with E-state index in [0.717, 1.165) is 44.7 Å². The highest BCUT2D eigenvalue weighted by molar-refractivity contribution is 5.29. The molecule has 1 aromatic rings. The Morgan fingerprint density at radius 1 is 1.25 bits per heavy atom. The molecule has 2 fully saturated rings. The van der Waals surface area contributed by atoms with E-state index >= 15 is 0 Å². The predicted octanol–water partition coefficient (Wildman–Crippen LogP) is 2.06. The Morgan fingerprint density at radius 2 is 2.05 bits per heavy atom. The second kappa shape index (κ2) is 6.55. The third kappa shape index (κ3) is 3.93. The van der Waals surface area contributed by atoms with E-state index in [-0.39, 0.29) is 5.82 Å². The Morgan fingerprint density at radius 3 is 2.75 bits per heavy atom. The smallest absolute Gasteiger partial charge is 0.165 e. The van der Waals surface area contributed by atoms with Crippen LogP contribution in [0.15, 0.2) is 18.2 Å². The number of halogens is 1. The standard InChI is InChI=1S/C16H23FN2O/c17-15-11-13(5-8-19-9-6-18-7-10-19)3-4-16(15)20-12-14-1-2-14/h3-4,11,14,18H,1-2,5-10,12H2. The summed E-state index contributed by atoms with van der Waals surface area (Å²) in [6.07, 6.45) is 3.36. The second-order valence-electron chi connectivity index (χ2n) is 5.86. The van der Waals surface area contributed by atoms with Gasteiger partial charge in [0.25, 0.3) is 0 Å². The van der Waals surface area contributed by atoms with Gasteiger partial charge in [0.2, 0.25) is 0 Å². The van der Waals surface area contributed by atoms with Crippen molar-refractivity contribution in [3.8, 4) is 5.75 Å². The Hall–Kier alpha value is -1.13. The predicted molar refractivity (Wildman–Crippen MR) is 77.6 cm³/mol. The molecule has 1 saturated carbocycles. The van der Waals surface area contributed by atoms with E-state index in [4.69, 9.17) is 4.74 Å². The van der Waals surface area contributed by atoms with Crippen LogP contribution in [0.5, 0.6) is 5.75 Å². The van der Waals surface area contributed by atoms with E-state index in [1.165, 1.54) is 12.8 Å². The fraction of sp³-hybridized carbons (Fsp3) is 0.625. The molecule has 110 valence electrons. The minimum atomic E-state index is -0.219. The molecular formula is C16H23FN2O. The van der Waals surface area contributed by atoms with E-state index in [9.17, 15) is 4.39 Å². The molecule has 0 amide bonds. The zero-order chi connectivity index (χ0) is 13.8. The number of nitrogens with zero attached hydrogens (tertiary/aromatic N) is 1. The van der Waals surface area contributed by atoms with Crippen molar-refractivity contribution in [1.82, 2.24) is 10.2 Å². The molecule has 0 aromatic heterocycles. The molecule has 4 heteroatoms. The largest absolute Gasteiger partial charge is 0.490 e. The van der Waals surface area contributed by atoms with Gasteiger partial charge in [-0.25, -0.2) is 4.39 Å². The maximum atomic E-state index is 13.9. The molecule has 0 unspecified atom stereocenters. The van der Waals surface area contributed by atoms with Crippen molar-refractivity contribution in [2.75, 3.05) is 39.3 Å². The molecule has 3 rings (SSSR count). The van der Waals surface area contributed by atoms with Gasteiger partial charge in [0.1, 0.15) is 0 Å². The lowest BCUT2D eigenvalue weighted by Crippen LogP contribution is -2.44. The van der Waals surface area contributed by atoms with Crippen LogP contribution in [-0.4, -0.2) is 44.2 Å². The number of rotatable bonds is 6. The van der Waals surface area contributed by atoms with Crippen molar-refractivity contribution in [1.29, 1.82) is 0 Å². The fourth-order valence-electron chi connectivity index (χ4n) is 2.53. The molecule has 1 aliphatic heterocycles. The summed E-state index contributed by atoms with van der Waals surface area (Å²) in [6.45, 7) is 5.96. The van der Waals surface area contributed by atoms with E-state index < -0.39 is 0 Å². The lowest BCUT2D eigenvalue weighted by atomic mass is 10.1. The Bertz CT molecular complexity index is 442. The molecule has 3 nitrogen and oxygen atoms in total. The third-order valence-corrected chi connectivity index (χ3v) is 4.09. The topological polar surface area (TPSA) is 24.5 Å². The molecular weight excluding hydrogens is 255 g/mol. The molecule has 0 bridgehead atoms. The molecule has 1 heterocycles. The zero-order valence-electron chi connectivity index (χ0n) is 11.9. The molecule has 0 radical (unpaired) electrons. The summed E-state index contributed by atoms with van der Waals surface area (Å²) in [5, 5.41) is 3.34. The number of hydrogen-bond donors (Lipinski definition) is 1. The average Bonchev–Trinajstić information content (AvgIpc) is 3.29. The van der Waals surface area contributed by atoms with Crippen LogP contribution in [0.2, 0.25) is 0 Å². The van der Waals surface area contributed by atoms with Crippen molar-refractivity contribution in [2.24, 2.45) is 5.92 Å². The number of piperazine rings is 1. The molecule has 1 aromatic carbocycles. The highest BCUT2D eigenvalue weighted by Crippen LogP contribution is 2.30. The summed E-state index contributed by atoms with van der Waals surface area (Å²) < 4.78 is 19.5. The van der Waals surface area contributed by atoms with E-state index in [1.54, 1.807) is 12.1 Å². The molecule has 20 heavy (non-hydrogen) atoms. The van der Waals surface area contributed by atoms with Gasteiger partial charge in [0.05, 0.1) is 6.61 Å². The Labute approximate surface area is 120 Å². The van der Waals surface area contributed by atoms with Gasteiger partial charge in [-0.1, -0.05) is 6.07 Å². The van der Waals surface area contributed by atoms with Gasteiger partial charge in [-0.2, -0.15) is 0 Å². The number of hydrogen-bond acceptors (Lipinski definition) is 3. The molecule has 0 spiro atoms. The number of nitrogens with one attached hydrogen (secondary N) is 1. The van der Waals surface area contributed by atoms with E-state index in [0.29, 0.717) is 18.3 Å². The minimum Gasteiger partial charge on any atom is -0.490 e. The first kappa shape index (κ1) is 13.8. The van der Waals surface area contributed by atoms with Crippen LogP contribution in [0.4, 0.5) is 4.39 Å². The SMILES string of the molecule is Fc1cc(CCN2CCNCC2)ccc1OCC1CC1. The summed E-state index contributed by atoms with van der Waals surface area (Å²) in [6, 6.07) is 5.41. The van der Waals surface area contributed by atoms with Crippen molar-refractivity contribution >= 4 is 0 Å². The van der Waals surface area contributed by atoms with Crippen LogP contribution in [0.3, 0.4) is 0 Å². The maximum Gasteiger partial charge on any atom is 0.165 e. The first-order valence-electron chi connectivity index (χ1n) is 7.65. The van der Waals surface area contributed by atoms with Gasteiger partial charge in [0.15, 0.2) is 11.6 Å². The van der Waals surface area contributed by atoms with Crippen molar-refractivity contribution < 1.29 is 9.13 Å². The van der Waals surface area contributed by atoms with Gasteiger partial charge >= 0.3 is 0 Å². The summed E-state index contributed by atoms with van der Waals surface area (Å²) in [5.41, 5.74) is 1.06. The van der Waals surface area contributed by atoms with Crippen LogP contribution in [0, 0.1) is 11.7 Å². The first-order valence-corrected chi connectivity index (χ1v) is 7.65. The second-order valence-corrected chi connectivity index (χ2v) is 5.86. The molecule has 2 aliphatic rings. The van der Waals surface area contributed by atoms with Gasteiger partial charge in [-0.15, -0.1) is 0 Å². The van der Waals surface area contributed by atoms with Gasteiger partial charge in [-0.3, -0.25) is 0 Å². The van der Waals surface area contributed by atoms with Gasteiger partial charge in [-0.05, 0) is 42.9 Å². The lowest BCUT2D eigenvalue weighted by molar-refractivity contribution is 0.243. The highest BCUT2D eigenvalue weighted by atomic mass is 19.1. The van der Waals surface area contributed by atoms with Crippen molar-refractivity contribution in [3.63, 3.8) is 0 Å². The third-order valence-electron chi connectivity index (χ3n) is 4.09. The van der Waals surface area contributed by atoms with Crippen LogP contribution >= 0.6 is 0 Å². The molecule has 0 atom stereocenters. The highest BCUT2D eigenvalue weighted by Gasteiger charge is 2.22. The van der Waals surface area contributed by atoms with Crippen LogP contribution in [-0.2, 0) is 6.42 Å². The number of ether oxygens (including phenoxy) is 1. The van der Waals surface area contributed by atoms with Crippen LogP contribution < -0.4 is 10.1 Å². The summed E-state index contributed by atoms with van der Waals surface area (Å²) in [4.78, 5) is 2.42. The lowest BCUT2D eigenvalue weighted by Gasteiger charge is -2.27. The summed E-state index contributed by atoms with van der Waals surface area (Å²) >= 11 is 0. The molecule has 1 aliphatic carbocycles. The van der Waals surface area contributed by atoms with Crippen LogP contribution in [0.1, 0.15) is 18.4 Å². The fourth-order valence-corrected chi connectivity index (χ4v) is 2.53. The Balaban J connectivity index is 1.49. The van der Waals surface area contributed by atoms with Gasteiger partial charge < -0.3 is 15.0 Å². The zero-order valence-corrected chi connectivity index (χ0v) is 11.9. The molecule has 1 N–H and O–H groups in total. The Kier molecular flexibility index (Phi) is 4.53. The van der Waals surface area contributed by atoms with Crippen molar-refractivity contribution in [3.05, 3.63) is 29.6 Å². The summed E-state index contributed by atoms with van der Waals surface area (Å²) in [5.74, 6) is 0.841. The van der Waals surface area contributed by atoms with E-state index in [1.807, 2.05) is 6.07 Å². The minimum absolute atomic E-state index is 0.219. The van der Waals surface area contributed by atoms with Crippen LogP contribution in [0.25, 0.3) is 0 Å². The quantitative estimate of drug-likeness (QED) is 0.862. The number of benzene rings is 1. The normalized spacial score (nSPS) is 20.1. The average molecular weight is 278 g/mol. The van der Waals surface area contributed by atoms with E-state index in [2.05, 4.69) is 10.2 Å². The summed E-state index contributed by atoms with van der Waals surface area (Å²) in [7, 11) is 0. The maximum absolute atomic E-state index is 13.9. The van der Waals surface area contributed by atoms with Gasteiger partial charge in [0, 0.05) is 32.7 Å². The first-order chi connectivity index (χ1) is 9.81. The monoisotopic (exact) mass is 278 g/mol. The van der Waals surface area contributed by atoms with Crippen molar-refractivity contribution in [2.45, 2.75) is 19.3 Å².